The van der Waals surface area contributed by atoms with Gasteiger partial charge in [-0.05, 0) is 19.1 Å². The van der Waals surface area contributed by atoms with Crippen LogP contribution >= 0.6 is 0 Å². The van der Waals surface area contributed by atoms with E-state index in [1.807, 2.05) is 0 Å². The molecule has 0 bridgehead atoms. The van der Waals surface area contributed by atoms with Crippen molar-refractivity contribution in [2.45, 2.75) is 13.1 Å². The largest absolute Gasteiger partial charge is 0.419 e. The summed E-state index contributed by atoms with van der Waals surface area (Å²) in [7, 11) is 1.52. The van der Waals surface area contributed by atoms with Gasteiger partial charge in [-0.25, -0.2) is 4.39 Å². The molecule has 0 saturated carbocycles. The predicted molar refractivity (Wildman–Crippen MR) is 58.9 cm³/mol. The SMILES string of the molecule is Cc1cc(=O)c2cc(F)c(C(F)(F)F)cc2n1C. The lowest BCUT2D eigenvalue weighted by atomic mass is 10.1. The number of pyridine rings is 1. The second kappa shape index (κ2) is 3.83. The molecule has 0 radical (unpaired) electrons. The third-order valence-electron chi connectivity index (χ3n) is 2.89. The van der Waals surface area contributed by atoms with Crippen molar-refractivity contribution in [2.75, 3.05) is 0 Å². The quantitative estimate of drug-likeness (QED) is 0.666. The normalized spacial score (nSPS) is 12.1. The van der Waals surface area contributed by atoms with Crippen LogP contribution in [0.3, 0.4) is 0 Å². The summed E-state index contributed by atoms with van der Waals surface area (Å²) in [5, 5.41) is -0.0615. The molecule has 0 unspecified atom stereocenters. The zero-order valence-electron chi connectivity index (χ0n) is 9.60. The molecule has 6 heteroatoms. The summed E-state index contributed by atoms with van der Waals surface area (Å²) >= 11 is 0. The van der Waals surface area contributed by atoms with Crippen molar-refractivity contribution in [1.82, 2.24) is 4.57 Å². The van der Waals surface area contributed by atoms with E-state index in [0.717, 1.165) is 0 Å². The van der Waals surface area contributed by atoms with E-state index in [-0.39, 0.29) is 10.9 Å². The molecule has 2 nitrogen and oxygen atoms in total. The van der Waals surface area contributed by atoms with E-state index in [9.17, 15) is 22.4 Å². The number of halogens is 4. The van der Waals surface area contributed by atoms with Crippen LogP contribution in [0, 0.1) is 12.7 Å². The van der Waals surface area contributed by atoms with Crippen molar-refractivity contribution >= 4 is 10.9 Å². The van der Waals surface area contributed by atoms with E-state index in [1.54, 1.807) is 6.92 Å². The fourth-order valence-corrected chi connectivity index (χ4v) is 1.81. The lowest BCUT2D eigenvalue weighted by Crippen LogP contribution is -2.13. The Morgan fingerprint density at radius 3 is 2.33 bits per heavy atom. The molecule has 0 saturated heterocycles. The Hall–Kier alpha value is -1.85. The number of rotatable bonds is 0. The molecular formula is C12H9F4NO. The monoisotopic (exact) mass is 259 g/mol. The maximum Gasteiger partial charge on any atom is 0.419 e. The van der Waals surface area contributed by atoms with Gasteiger partial charge in [-0.15, -0.1) is 0 Å². The smallest absolute Gasteiger partial charge is 0.348 e. The van der Waals surface area contributed by atoms with Gasteiger partial charge in [0.25, 0.3) is 0 Å². The Balaban J connectivity index is 2.95. The van der Waals surface area contributed by atoms with Crippen LogP contribution in [-0.2, 0) is 13.2 Å². The molecule has 0 spiro atoms. The van der Waals surface area contributed by atoms with Crippen molar-refractivity contribution in [3.63, 3.8) is 0 Å². The second-order valence-corrected chi connectivity index (χ2v) is 4.06. The molecule has 0 atom stereocenters. The fraction of sp³-hybridized carbons (Fsp3) is 0.250. The van der Waals surface area contributed by atoms with Gasteiger partial charge in [-0.1, -0.05) is 0 Å². The van der Waals surface area contributed by atoms with Crippen molar-refractivity contribution < 1.29 is 17.6 Å². The first kappa shape index (κ1) is 12.6. The highest BCUT2D eigenvalue weighted by Gasteiger charge is 2.34. The van der Waals surface area contributed by atoms with Crippen LogP contribution in [0.15, 0.2) is 23.0 Å². The molecule has 96 valence electrons. The van der Waals surface area contributed by atoms with Crippen LogP contribution in [-0.4, -0.2) is 4.57 Å². The van der Waals surface area contributed by atoms with E-state index in [1.165, 1.54) is 17.7 Å². The van der Waals surface area contributed by atoms with Crippen LogP contribution in [0.1, 0.15) is 11.3 Å². The number of nitrogens with zero attached hydrogens (tertiary/aromatic N) is 1. The Bertz CT molecular complexity index is 685. The van der Waals surface area contributed by atoms with Gasteiger partial charge < -0.3 is 4.57 Å². The summed E-state index contributed by atoms with van der Waals surface area (Å²) in [6.07, 6.45) is -4.78. The van der Waals surface area contributed by atoms with Gasteiger partial charge in [-0.3, -0.25) is 4.79 Å². The van der Waals surface area contributed by atoms with Crippen LogP contribution in [0.5, 0.6) is 0 Å². The van der Waals surface area contributed by atoms with E-state index >= 15 is 0 Å². The van der Waals surface area contributed by atoms with Crippen LogP contribution in [0.4, 0.5) is 17.6 Å². The summed E-state index contributed by atoms with van der Waals surface area (Å²) in [5.41, 5.74) is -1.29. The summed E-state index contributed by atoms with van der Waals surface area (Å²) in [6, 6.07) is 2.56. The second-order valence-electron chi connectivity index (χ2n) is 4.06. The summed E-state index contributed by atoms with van der Waals surface area (Å²) in [6.45, 7) is 1.59. The van der Waals surface area contributed by atoms with Crippen LogP contribution in [0.2, 0.25) is 0 Å². The fourth-order valence-electron chi connectivity index (χ4n) is 1.81. The van der Waals surface area contributed by atoms with Crippen molar-refractivity contribution in [3.05, 3.63) is 45.5 Å². The Labute approximate surface area is 99.5 Å². The Morgan fingerprint density at radius 1 is 1.17 bits per heavy atom. The van der Waals surface area contributed by atoms with Crippen molar-refractivity contribution in [1.29, 1.82) is 0 Å². The molecule has 1 aromatic carbocycles. The average molecular weight is 259 g/mol. The molecule has 1 aromatic heterocycles. The number of benzene rings is 1. The summed E-state index contributed by atoms with van der Waals surface area (Å²) < 4.78 is 52.5. The average Bonchev–Trinajstić information content (AvgIpc) is 2.24. The molecule has 1 heterocycles. The van der Waals surface area contributed by atoms with Gasteiger partial charge in [0.2, 0.25) is 0 Å². The lowest BCUT2D eigenvalue weighted by Gasteiger charge is -2.13. The topological polar surface area (TPSA) is 22.0 Å². The van der Waals surface area contributed by atoms with Crippen LogP contribution < -0.4 is 5.43 Å². The van der Waals surface area contributed by atoms with E-state index in [4.69, 9.17) is 0 Å². The maximum absolute atomic E-state index is 13.4. The Morgan fingerprint density at radius 2 is 1.78 bits per heavy atom. The molecule has 18 heavy (non-hydrogen) atoms. The Kier molecular flexibility index (Phi) is 2.68. The molecular weight excluding hydrogens is 250 g/mol. The van der Waals surface area contributed by atoms with Crippen molar-refractivity contribution in [2.24, 2.45) is 7.05 Å². The third-order valence-corrected chi connectivity index (χ3v) is 2.89. The third kappa shape index (κ3) is 1.87. The molecule has 2 rings (SSSR count). The minimum atomic E-state index is -4.78. The van der Waals surface area contributed by atoms with Crippen LogP contribution in [0.25, 0.3) is 10.9 Å². The minimum absolute atomic E-state index is 0.0615. The first-order valence-corrected chi connectivity index (χ1v) is 5.09. The molecule has 0 amide bonds. The number of hydrogen-bond donors (Lipinski definition) is 0. The van der Waals surface area contributed by atoms with E-state index < -0.39 is 23.0 Å². The molecule has 0 aliphatic rings. The standard InChI is InChI=1S/C12H9F4NO/c1-6-3-11(18)7-4-9(13)8(12(14,15)16)5-10(7)17(6)2/h3-5H,1-2H3. The zero-order valence-corrected chi connectivity index (χ0v) is 9.60. The highest BCUT2D eigenvalue weighted by molar-refractivity contribution is 5.80. The molecule has 2 aromatic rings. The number of aromatic nitrogens is 1. The zero-order chi connectivity index (χ0) is 13.7. The molecule has 0 N–H and O–H groups in total. The van der Waals surface area contributed by atoms with E-state index in [2.05, 4.69) is 0 Å². The predicted octanol–water partition coefficient (Wildman–Crippen LogP) is 3.00. The van der Waals surface area contributed by atoms with Gasteiger partial charge in [-0.2, -0.15) is 13.2 Å². The number of hydrogen-bond acceptors (Lipinski definition) is 1. The molecule has 0 aliphatic heterocycles. The van der Waals surface area contributed by atoms with Gasteiger partial charge >= 0.3 is 6.18 Å². The highest BCUT2D eigenvalue weighted by atomic mass is 19.4. The van der Waals surface area contributed by atoms with Gasteiger partial charge in [0.1, 0.15) is 5.82 Å². The number of fused-ring (bicyclic) bond motifs is 1. The lowest BCUT2D eigenvalue weighted by molar-refractivity contribution is -0.139. The number of aryl methyl sites for hydroxylation is 2. The molecule has 0 aliphatic carbocycles. The highest BCUT2D eigenvalue weighted by Crippen LogP contribution is 2.33. The van der Waals surface area contributed by atoms with Crippen molar-refractivity contribution in [3.8, 4) is 0 Å². The summed E-state index contributed by atoms with van der Waals surface area (Å²) in [5.74, 6) is -1.43. The van der Waals surface area contributed by atoms with Gasteiger partial charge in [0, 0.05) is 24.2 Å². The van der Waals surface area contributed by atoms with Gasteiger partial charge in [0.05, 0.1) is 11.1 Å². The minimum Gasteiger partial charge on any atom is -0.348 e. The number of alkyl halides is 3. The molecule has 0 fully saturated rings. The van der Waals surface area contributed by atoms with Gasteiger partial charge in [0.15, 0.2) is 5.43 Å². The first-order chi connectivity index (χ1) is 8.21. The summed E-state index contributed by atoms with van der Waals surface area (Å²) in [4.78, 5) is 11.6. The van der Waals surface area contributed by atoms with E-state index in [0.29, 0.717) is 17.8 Å². The first-order valence-electron chi connectivity index (χ1n) is 5.09. The maximum atomic E-state index is 13.4.